The summed E-state index contributed by atoms with van der Waals surface area (Å²) in [5.74, 6) is 0.208. The predicted octanol–water partition coefficient (Wildman–Crippen LogP) is 1.07. The van der Waals surface area contributed by atoms with Crippen molar-refractivity contribution in [2.75, 3.05) is 13.1 Å². The summed E-state index contributed by atoms with van der Waals surface area (Å²) in [7, 11) is 0. The van der Waals surface area contributed by atoms with Crippen LogP contribution in [0.1, 0.15) is 38.1 Å². The van der Waals surface area contributed by atoms with Crippen molar-refractivity contribution in [1.82, 2.24) is 20.2 Å². The summed E-state index contributed by atoms with van der Waals surface area (Å²) in [6, 6.07) is -0.113. The fourth-order valence-electron chi connectivity index (χ4n) is 2.34. The molecule has 0 bridgehead atoms. The van der Waals surface area contributed by atoms with Gasteiger partial charge in [-0.3, -0.25) is 10.1 Å². The van der Waals surface area contributed by atoms with Crippen molar-refractivity contribution in [1.29, 1.82) is 0 Å². The number of H-pyrrole nitrogens is 1. The van der Waals surface area contributed by atoms with Crippen LogP contribution in [0.3, 0.4) is 0 Å². The van der Waals surface area contributed by atoms with E-state index in [4.69, 9.17) is 0 Å². The monoisotopic (exact) mass is 250 g/mol. The molecule has 5 nitrogen and oxygen atoms in total. The van der Waals surface area contributed by atoms with Crippen molar-refractivity contribution in [2.24, 2.45) is 0 Å². The van der Waals surface area contributed by atoms with E-state index in [0.29, 0.717) is 13.0 Å². The SMILES string of the molecule is CCCCN(CC)C(=O)C1Cc2nc[nH]c2CN1. The van der Waals surface area contributed by atoms with Gasteiger partial charge in [-0.2, -0.15) is 0 Å². The van der Waals surface area contributed by atoms with E-state index in [1.165, 1.54) is 0 Å². The van der Waals surface area contributed by atoms with E-state index in [0.717, 1.165) is 37.3 Å². The molecule has 0 radical (unpaired) electrons. The number of fused-ring (bicyclic) bond motifs is 1. The second kappa shape index (κ2) is 6.00. The molecule has 1 aliphatic heterocycles. The Bertz CT molecular complexity index is 401. The second-order valence-corrected chi connectivity index (χ2v) is 4.74. The van der Waals surface area contributed by atoms with Gasteiger partial charge in [0.1, 0.15) is 0 Å². The van der Waals surface area contributed by atoms with Crippen LogP contribution in [0.2, 0.25) is 0 Å². The number of rotatable bonds is 5. The largest absolute Gasteiger partial charge is 0.347 e. The Morgan fingerprint density at radius 1 is 1.56 bits per heavy atom. The van der Waals surface area contributed by atoms with Crippen LogP contribution >= 0.6 is 0 Å². The highest BCUT2D eigenvalue weighted by atomic mass is 16.2. The molecule has 1 aromatic heterocycles. The van der Waals surface area contributed by atoms with Gasteiger partial charge in [0, 0.05) is 26.1 Å². The van der Waals surface area contributed by atoms with Gasteiger partial charge >= 0.3 is 0 Å². The Kier molecular flexibility index (Phi) is 4.36. The first kappa shape index (κ1) is 13.1. The lowest BCUT2D eigenvalue weighted by molar-refractivity contribution is -0.133. The average Bonchev–Trinajstić information content (AvgIpc) is 2.86. The van der Waals surface area contributed by atoms with Gasteiger partial charge in [-0.1, -0.05) is 13.3 Å². The van der Waals surface area contributed by atoms with Gasteiger partial charge in [0.15, 0.2) is 0 Å². The Labute approximate surface area is 108 Å². The minimum Gasteiger partial charge on any atom is -0.347 e. The van der Waals surface area contributed by atoms with E-state index in [2.05, 4.69) is 22.2 Å². The third kappa shape index (κ3) is 2.72. The van der Waals surface area contributed by atoms with E-state index < -0.39 is 0 Å². The third-order valence-corrected chi connectivity index (χ3v) is 3.50. The fourth-order valence-corrected chi connectivity index (χ4v) is 2.34. The molecule has 2 N–H and O–H groups in total. The van der Waals surface area contributed by atoms with Crippen LogP contribution in [0.4, 0.5) is 0 Å². The summed E-state index contributed by atoms with van der Waals surface area (Å²) < 4.78 is 0. The molecule has 18 heavy (non-hydrogen) atoms. The van der Waals surface area contributed by atoms with Gasteiger partial charge in [0.05, 0.1) is 23.8 Å². The molecular formula is C13H22N4O. The summed E-state index contributed by atoms with van der Waals surface area (Å²) in [6.07, 6.45) is 4.58. The zero-order chi connectivity index (χ0) is 13.0. The van der Waals surface area contributed by atoms with Gasteiger partial charge in [0.2, 0.25) is 5.91 Å². The molecular weight excluding hydrogens is 228 g/mol. The predicted molar refractivity (Wildman–Crippen MR) is 70.1 cm³/mol. The molecule has 0 aromatic carbocycles. The molecule has 0 saturated carbocycles. The standard InChI is InChI=1S/C13H22N4O/c1-3-5-6-17(4-2)13(18)11-7-10-12(8-14-11)16-9-15-10/h9,11,14H,3-8H2,1-2H3,(H,15,16). The average molecular weight is 250 g/mol. The summed E-state index contributed by atoms with van der Waals surface area (Å²) >= 11 is 0. The van der Waals surface area contributed by atoms with Gasteiger partial charge in [-0.05, 0) is 13.3 Å². The maximum Gasteiger partial charge on any atom is 0.240 e. The van der Waals surface area contributed by atoms with Crippen LogP contribution in [0.15, 0.2) is 6.33 Å². The molecule has 1 atom stereocenters. The van der Waals surface area contributed by atoms with Crippen molar-refractivity contribution in [3.05, 3.63) is 17.7 Å². The van der Waals surface area contributed by atoms with Gasteiger partial charge in [0.25, 0.3) is 0 Å². The Balaban J connectivity index is 1.97. The number of likely N-dealkylation sites (N-methyl/N-ethyl adjacent to an activating group) is 1. The molecule has 1 aliphatic rings. The summed E-state index contributed by atoms with van der Waals surface area (Å²) in [4.78, 5) is 21.7. The topological polar surface area (TPSA) is 61.0 Å². The van der Waals surface area contributed by atoms with Crippen molar-refractivity contribution in [3.63, 3.8) is 0 Å². The second-order valence-electron chi connectivity index (χ2n) is 4.74. The van der Waals surface area contributed by atoms with Crippen molar-refractivity contribution in [3.8, 4) is 0 Å². The number of amides is 1. The number of aromatic amines is 1. The molecule has 100 valence electrons. The van der Waals surface area contributed by atoms with Crippen LogP contribution in [0, 0.1) is 0 Å². The number of nitrogens with one attached hydrogen (secondary N) is 2. The highest BCUT2D eigenvalue weighted by Gasteiger charge is 2.28. The first-order valence-corrected chi connectivity index (χ1v) is 6.79. The van der Waals surface area contributed by atoms with Crippen LogP contribution in [-0.4, -0.2) is 39.9 Å². The maximum atomic E-state index is 12.4. The number of imidazole rings is 1. The number of carbonyl (C=O) groups is 1. The first-order valence-electron chi connectivity index (χ1n) is 6.79. The number of nitrogens with zero attached hydrogens (tertiary/aromatic N) is 2. The van der Waals surface area contributed by atoms with Crippen LogP contribution in [-0.2, 0) is 17.8 Å². The molecule has 1 aromatic rings. The van der Waals surface area contributed by atoms with E-state index in [1.54, 1.807) is 6.33 Å². The smallest absolute Gasteiger partial charge is 0.240 e. The Hall–Kier alpha value is -1.36. The van der Waals surface area contributed by atoms with Gasteiger partial charge in [-0.25, -0.2) is 4.98 Å². The van der Waals surface area contributed by atoms with Crippen LogP contribution in [0.25, 0.3) is 0 Å². The number of aromatic nitrogens is 2. The van der Waals surface area contributed by atoms with Crippen LogP contribution in [0.5, 0.6) is 0 Å². The lowest BCUT2D eigenvalue weighted by Crippen LogP contribution is -2.49. The number of carbonyl (C=O) groups excluding carboxylic acids is 1. The van der Waals surface area contributed by atoms with Gasteiger partial charge < -0.3 is 9.88 Å². The summed E-state index contributed by atoms with van der Waals surface area (Å²) in [5, 5.41) is 3.29. The quantitative estimate of drug-likeness (QED) is 0.822. The summed E-state index contributed by atoms with van der Waals surface area (Å²) in [5.41, 5.74) is 2.13. The third-order valence-electron chi connectivity index (χ3n) is 3.50. The van der Waals surface area contributed by atoms with E-state index in [-0.39, 0.29) is 11.9 Å². The maximum absolute atomic E-state index is 12.4. The van der Waals surface area contributed by atoms with E-state index in [9.17, 15) is 4.79 Å². The number of hydrogen-bond acceptors (Lipinski definition) is 3. The van der Waals surface area contributed by atoms with Gasteiger partial charge in [-0.15, -0.1) is 0 Å². The van der Waals surface area contributed by atoms with Crippen molar-refractivity contribution < 1.29 is 4.79 Å². The minimum atomic E-state index is -0.113. The molecule has 0 aliphatic carbocycles. The number of unbranched alkanes of at least 4 members (excludes halogenated alkanes) is 1. The molecule has 0 fully saturated rings. The van der Waals surface area contributed by atoms with E-state index in [1.807, 2.05) is 11.8 Å². The lowest BCUT2D eigenvalue weighted by Gasteiger charge is -2.29. The molecule has 1 amide bonds. The Morgan fingerprint density at radius 2 is 2.39 bits per heavy atom. The molecule has 2 heterocycles. The van der Waals surface area contributed by atoms with Crippen molar-refractivity contribution in [2.45, 2.75) is 45.7 Å². The van der Waals surface area contributed by atoms with Crippen molar-refractivity contribution >= 4 is 5.91 Å². The zero-order valence-corrected chi connectivity index (χ0v) is 11.2. The molecule has 5 heteroatoms. The zero-order valence-electron chi connectivity index (χ0n) is 11.2. The normalized spacial score (nSPS) is 18.4. The fraction of sp³-hybridized carbons (Fsp3) is 0.692. The Morgan fingerprint density at radius 3 is 3.11 bits per heavy atom. The van der Waals surface area contributed by atoms with Crippen LogP contribution < -0.4 is 5.32 Å². The molecule has 0 saturated heterocycles. The number of hydrogen-bond donors (Lipinski definition) is 2. The highest BCUT2D eigenvalue weighted by Crippen LogP contribution is 2.14. The molecule has 0 spiro atoms. The van der Waals surface area contributed by atoms with E-state index >= 15 is 0 Å². The molecule has 1 unspecified atom stereocenters. The lowest BCUT2D eigenvalue weighted by atomic mass is 10.0. The minimum absolute atomic E-state index is 0.113. The summed E-state index contributed by atoms with van der Waals surface area (Å²) in [6.45, 7) is 6.53. The molecule has 2 rings (SSSR count). The first-order chi connectivity index (χ1) is 8.76. The highest BCUT2D eigenvalue weighted by molar-refractivity contribution is 5.82.